The second kappa shape index (κ2) is 19.4. The summed E-state index contributed by atoms with van der Waals surface area (Å²) in [5.41, 5.74) is 0. The van der Waals surface area contributed by atoms with E-state index in [-0.39, 0.29) is 5.79 Å². The standard InChI is InChI=1S/C38H74N4/c1-4-7-8-9-10-23-32-37(39-5-2)38(40-6-3,41(33-24-15-11-16-25-33)34-26-17-12-18-27-34)42(35-28-19-13-20-29-35)36-30-21-14-22-31-36/h33-37,39-40H,4-32H2,1-3H3. The summed E-state index contributed by atoms with van der Waals surface area (Å²) in [5, 5.41) is 8.80. The van der Waals surface area contributed by atoms with Crippen LogP contribution in [0.2, 0.25) is 0 Å². The summed E-state index contributed by atoms with van der Waals surface area (Å²) in [5.74, 6) is -0.0673. The average Bonchev–Trinajstić information content (AvgIpc) is 3.04. The minimum absolute atomic E-state index is 0.0673. The molecule has 0 aromatic carbocycles. The number of hydrogen-bond acceptors (Lipinski definition) is 4. The van der Waals surface area contributed by atoms with Gasteiger partial charge in [0.15, 0.2) is 0 Å². The van der Waals surface area contributed by atoms with E-state index in [1.54, 1.807) is 0 Å². The van der Waals surface area contributed by atoms with Crippen LogP contribution in [0.15, 0.2) is 0 Å². The highest BCUT2D eigenvalue weighted by Gasteiger charge is 2.55. The monoisotopic (exact) mass is 587 g/mol. The quantitative estimate of drug-likeness (QED) is 0.124. The Hall–Kier alpha value is -0.160. The van der Waals surface area contributed by atoms with Gasteiger partial charge in [-0.1, -0.05) is 136 Å². The van der Waals surface area contributed by atoms with Gasteiger partial charge in [0.25, 0.3) is 0 Å². The van der Waals surface area contributed by atoms with Crippen LogP contribution in [0.3, 0.4) is 0 Å². The highest BCUT2D eigenvalue weighted by molar-refractivity contribution is 5.07. The Morgan fingerprint density at radius 2 is 0.881 bits per heavy atom. The van der Waals surface area contributed by atoms with E-state index in [1.807, 2.05) is 0 Å². The Morgan fingerprint density at radius 3 is 1.24 bits per heavy atom. The van der Waals surface area contributed by atoms with Crippen molar-refractivity contribution >= 4 is 0 Å². The van der Waals surface area contributed by atoms with Gasteiger partial charge >= 0.3 is 0 Å². The second-order valence-electron chi connectivity index (χ2n) is 14.9. The molecule has 4 aliphatic rings. The molecular weight excluding hydrogens is 512 g/mol. The lowest BCUT2D eigenvalue weighted by Gasteiger charge is -2.64. The summed E-state index contributed by atoms with van der Waals surface area (Å²) >= 11 is 0. The molecule has 42 heavy (non-hydrogen) atoms. The van der Waals surface area contributed by atoms with Crippen molar-refractivity contribution in [1.29, 1.82) is 0 Å². The van der Waals surface area contributed by atoms with Gasteiger partial charge in [0.1, 0.15) is 5.79 Å². The van der Waals surface area contributed by atoms with Crippen LogP contribution in [0.25, 0.3) is 0 Å². The van der Waals surface area contributed by atoms with Crippen molar-refractivity contribution in [3.05, 3.63) is 0 Å². The van der Waals surface area contributed by atoms with Crippen molar-refractivity contribution in [2.75, 3.05) is 13.1 Å². The van der Waals surface area contributed by atoms with Gasteiger partial charge in [-0.25, -0.2) is 0 Å². The molecule has 2 N–H and O–H groups in total. The van der Waals surface area contributed by atoms with E-state index < -0.39 is 0 Å². The molecule has 4 saturated carbocycles. The maximum atomic E-state index is 4.52. The van der Waals surface area contributed by atoms with Crippen molar-refractivity contribution in [3.63, 3.8) is 0 Å². The minimum atomic E-state index is -0.0673. The summed E-state index contributed by atoms with van der Waals surface area (Å²) in [6.45, 7) is 9.33. The van der Waals surface area contributed by atoms with Gasteiger partial charge in [0.2, 0.25) is 0 Å². The number of hydrogen-bond donors (Lipinski definition) is 2. The SMILES string of the molecule is CCCCCCCCC(NCC)C(NCC)(N(C1CCCCC1)C1CCCCC1)N(C1CCCCC1)C1CCCCC1. The van der Waals surface area contributed by atoms with Crippen LogP contribution in [0, 0.1) is 0 Å². The molecule has 0 aliphatic heterocycles. The molecule has 246 valence electrons. The third kappa shape index (κ3) is 9.20. The fourth-order valence-corrected chi connectivity index (χ4v) is 10.0. The Labute approximate surface area is 263 Å². The number of nitrogens with zero attached hydrogens (tertiary/aromatic N) is 2. The summed E-state index contributed by atoms with van der Waals surface area (Å²) < 4.78 is 0. The molecule has 4 heteroatoms. The highest BCUT2D eigenvalue weighted by Crippen LogP contribution is 2.44. The number of rotatable bonds is 18. The Morgan fingerprint density at radius 1 is 0.500 bits per heavy atom. The molecule has 0 aromatic rings. The lowest BCUT2D eigenvalue weighted by molar-refractivity contribution is -0.195. The van der Waals surface area contributed by atoms with E-state index in [0.29, 0.717) is 6.04 Å². The molecule has 4 aliphatic carbocycles. The fraction of sp³-hybridized carbons (Fsp3) is 1.00. The van der Waals surface area contributed by atoms with Crippen LogP contribution in [-0.4, -0.2) is 58.9 Å². The Kier molecular flexibility index (Phi) is 16.0. The molecular formula is C38H74N4. The maximum Gasteiger partial charge on any atom is 0.145 e. The Bertz CT molecular complexity index is 597. The predicted molar refractivity (Wildman–Crippen MR) is 183 cm³/mol. The van der Waals surface area contributed by atoms with Gasteiger partial charge in [0, 0.05) is 24.2 Å². The molecule has 0 radical (unpaired) electrons. The summed E-state index contributed by atoms with van der Waals surface area (Å²) in [6, 6.07) is 3.44. The van der Waals surface area contributed by atoms with E-state index in [9.17, 15) is 0 Å². The van der Waals surface area contributed by atoms with Crippen LogP contribution in [0.1, 0.15) is 194 Å². The number of nitrogens with one attached hydrogen (secondary N) is 2. The van der Waals surface area contributed by atoms with Crippen LogP contribution in [-0.2, 0) is 0 Å². The van der Waals surface area contributed by atoms with Crippen molar-refractivity contribution in [1.82, 2.24) is 20.4 Å². The minimum Gasteiger partial charge on any atom is -0.310 e. The zero-order chi connectivity index (χ0) is 29.5. The van der Waals surface area contributed by atoms with E-state index in [4.69, 9.17) is 0 Å². The van der Waals surface area contributed by atoms with E-state index in [1.165, 1.54) is 173 Å². The summed E-state index contributed by atoms with van der Waals surface area (Å²) in [4.78, 5) is 6.56. The molecule has 4 nitrogen and oxygen atoms in total. The van der Waals surface area contributed by atoms with Gasteiger partial charge in [0.05, 0.1) is 6.04 Å². The second-order valence-corrected chi connectivity index (χ2v) is 14.9. The molecule has 1 unspecified atom stereocenters. The van der Waals surface area contributed by atoms with Gasteiger partial charge in [-0.2, -0.15) is 0 Å². The van der Waals surface area contributed by atoms with E-state index in [2.05, 4.69) is 41.2 Å². The largest absolute Gasteiger partial charge is 0.310 e. The molecule has 4 rings (SSSR count). The number of likely N-dealkylation sites (N-methyl/N-ethyl adjacent to an activating group) is 2. The first-order valence-corrected chi connectivity index (χ1v) is 19.8. The van der Waals surface area contributed by atoms with E-state index >= 15 is 0 Å². The third-order valence-corrected chi connectivity index (χ3v) is 11.9. The molecule has 0 aromatic heterocycles. The zero-order valence-corrected chi connectivity index (χ0v) is 28.8. The number of unbranched alkanes of at least 4 members (excludes halogenated alkanes) is 5. The molecule has 0 amide bonds. The van der Waals surface area contributed by atoms with Gasteiger partial charge < -0.3 is 5.32 Å². The van der Waals surface area contributed by atoms with Crippen LogP contribution in [0.5, 0.6) is 0 Å². The third-order valence-electron chi connectivity index (χ3n) is 11.9. The van der Waals surface area contributed by atoms with Crippen molar-refractivity contribution in [2.45, 2.75) is 230 Å². The molecule has 0 heterocycles. The van der Waals surface area contributed by atoms with Crippen molar-refractivity contribution in [3.8, 4) is 0 Å². The van der Waals surface area contributed by atoms with E-state index in [0.717, 1.165) is 37.3 Å². The first-order chi connectivity index (χ1) is 20.8. The molecule has 1 atom stereocenters. The Balaban J connectivity index is 1.81. The van der Waals surface area contributed by atoms with Crippen molar-refractivity contribution in [2.24, 2.45) is 0 Å². The molecule has 0 bridgehead atoms. The predicted octanol–water partition coefficient (Wildman–Crippen LogP) is 9.91. The maximum absolute atomic E-state index is 4.52. The first-order valence-electron chi connectivity index (χ1n) is 19.8. The molecule has 0 spiro atoms. The smallest absolute Gasteiger partial charge is 0.145 e. The topological polar surface area (TPSA) is 30.5 Å². The highest BCUT2D eigenvalue weighted by atomic mass is 15.6. The molecule has 0 saturated heterocycles. The first kappa shape index (κ1) is 34.7. The van der Waals surface area contributed by atoms with Gasteiger partial charge in [-0.3, -0.25) is 15.1 Å². The summed E-state index contributed by atoms with van der Waals surface area (Å²) in [6.07, 6.45) is 38.4. The van der Waals surface area contributed by atoms with Gasteiger partial charge in [-0.15, -0.1) is 0 Å². The fourth-order valence-electron chi connectivity index (χ4n) is 10.0. The van der Waals surface area contributed by atoms with Gasteiger partial charge in [-0.05, 0) is 70.9 Å². The van der Waals surface area contributed by atoms with Crippen molar-refractivity contribution < 1.29 is 0 Å². The van der Waals surface area contributed by atoms with Crippen LogP contribution >= 0.6 is 0 Å². The molecule has 4 fully saturated rings. The zero-order valence-electron chi connectivity index (χ0n) is 28.8. The normalized spacial score (nSPS) is 23.6. The van der Waals surface area contributed by atoms with Crippen LogP contribution in [0.4, 0.5) is 0 Å². The average molecular weight is 587 g/mol. The van der Waals surface area contributed by atoms with Crippen LogP contribution < -0.4 is 10.6 Å². The lowest BCUT2D eigenvalue weighted by atomic mass is 9.81. The summed E-state index contributed by atoms with van der Waals surface area (Å²) in [7, 11) is 0. The lowest BCUT2D eigenvalue weighted by Crippen LogP contribution is -2.82.